The smallest absolute Gasteiger partial charge is 0.269 e. The van der Waals surface area contributed by atoms with E-state index in [1.54, 1.807) is 25.4 Å². The van der Waals surface area contributed by atoms with Crippen molar-refractivity contribution in [2.24, 2.45) is 0 Å². The molecule has 0 spiro atoms. The lowest BCUT2D eigenvalue weighted by atomic mass is 9.85. The Kier molecular flexibility index (Phi) is 5.31. The normalized spacial score (nSPS) is 13.2. The summed E-state index contributed by atoms with van der Waals surface area (Å²) < 4.78 is 7.34. The highest BCUT2D eigenvalue weighted by atomic mass is 16.6. The minimum absolute atomic E-state index is 0.0369. The number of imidazole rings is 1. The SMILES string of the molecule is CCC(c1ccc([N+](=O)[O-])cc1)C(c1ccc(OC)cc1)n1ccnc1. The van der Waals surface area contributed by atoms with Crippen molar-refractivity contribution in [2.75, 3.05) is 7.11 Å². The van der Waals surface area contributed by atoms with Crippen molar-refractivity contribution in [3.05, 3.63) is 88.5 Å². The summed E-state index contributed by atoms with van der Waals surface area (Å²) in [5, 5.41) is 10.9. The lowest BCUT2D eigenvalue weighted by Gasteiger charge is -2.28. The highest BCUT2D eigenvalue weighted by Gasteiger charge is 2.25. The number of nitro groups is 1. The Morgan fingerprint density at radius 3 is 2.27 bits per heavy atom. The number of nitro benzene ring substituents is 1. The number of nitrogens with zero attached hydrogens (tertiary/aromatic N) is 3. The molecule has 0 amide bonds. The average molecular weight is 351 g/mol. The summed E-state index contributed by atoms with van der Waals surface area (Å²) in [7, 11) is 1.65. The molecule has 0 aliphatic heterocycles. The fraction of sp³-hybridized carbons (Fsp3) is 0.250. The number of hydrogen-bond acceptors (Lipinski definition) is 4. The van der Waals surface area contributed by atoms with Gasteiger partial charge in [0.25, 0.3) is 5.69 Å². The minimum Gasteiger partial charge on any atom is -0.497 e. The Morgan fingerprint density at radius 1 is 1.12 bits per heavy atom. The molecule has 1 aromatic heterocycles. The molecule has 0 aliphatic carbocycles. The first-order valence-corrected chi connectivity index (χ1v) is 8.49. The Bertz CT molecular complexity index is 843. The van der Waals surface area contributed by atoms with Crippen molar-refractivity contribution >= 4 is 5.69 Å². The molecule has 0 bridgehead atoms. The van der Waals surface area contributed by atoms with Gasteiger partial charge < -0.3 is 9.30 Å². The van der Waals surface area contributed by atoms with Crippen molar-refractivity contribution in [1.29, 1.82) is 0 Å². The van der Waals surface area contributed by atoms with Crippen molar-refractivity contribution < 1.29 is 9.66 Å². The second-order valence-corrected chi connectivity index (χ2v) is 6.09. The summed E-state index contributed by atoms with van der Waals surface area (Å²) >= 11 is 0. The zero-order valence-corrected chi connectivity index (χ0v) is 14.8. The van der Waals surface area contributed by atoms with Gasteiger partial charge in [-0.1, -0.05) is 31.2 Å². The van der Waals surface area contributed by atoms with Gasteiger partial charge in [-0.2, -0.15) is 0 Å². The third-order valence-corrected chi connectivity index (χ3v) is 4.66. The molecule has 6 nitrogen and oxygen atoms in total. The first kappa shape index (κ1) is 17.7. The topological polar surface area (TPSA) is 70.2 Å². The van der Waals surface area contributed by atoms with Crippen LogP contribution >= 0.6 is 0 Å². The molecule has 1 heterocycles. The van der Waals surface area contributed by atoms with E-state index in [0.717, 1.165) is 23.3 Å². The molecule has 26 heavy (non-hydrogen) atoms. The van der Waals surface area contributed by atoms with Gasteiger partial charge in [0.2, 0.25) is 0 Å². The van der Waals surface area contributed by atoms with E-state index in [4.69, 9.17) is 4.74 Å². The van der Waals surface area contributed by atoms with Gasteiger partial charge in [-0.15, -0.1) is 0 Å². The predicted octanol–water partition coefficient (Wildman–Crippen LogP) is 4.58. The molecule has 3 rings (SSSR count). The largest absolute Gasteiger partial charge is 0.497 e. The number of ether oxygens (including phenoxy) is 1. The molecule has 0 radical (unpaired) electrons. The second kappa shape index (κ2) is 7.82. The fourth-order valence-electron chi connectivity index (χ4n) is 3.33. The van der Waals surface area contributed by atoms with Crippen LogP contribution in [0.15, 0.2) is 67.3 Å². The molecule has 2 unspecified atom stereocenters. The van der Waals surface area contributed by atoms with Crippen LogP contribution < -0.4 is 4.74 Å². The standard InChI is InChI=1S/C20H21N3O3/c1-3-19(15-4-8-17(9-5-15)23(24)25)20(22-13-12-21-14-22)16-6-10-18(26-2)11-7-16/h4-14,19-20H,3H2,1-2H3. The predicted molar refractivity (Wildman–Crippen MR) is 99.5 cm³/mol. The fourth-order valence-corrected chi connectivity index (χ4v) is 3.33. The van der Waals surface area contributed by atoms with Crippen molar-refractivity contribution in [3.8, 4) is 5.75 Å². The van der Waals surface area contributed by atoms with Gasteiger partial charge in [0, 0.05) is 30.4 Å². The minimum atomic E-state index is -0.373. The molecule has 0 N–H and O–H groups in total. The maximum atomic E-state index is 10.9. The highest BCUT2D eigenvalue weighted by molar-refractivity contribution is 5.37. The number of rotatable bonds is 7. The maximum absolute atomic E-state index is 10.9. The second-order valence-electron chi connectivity index (χ2n) is 6.09. The van der Waals surface area contributed by atoms with E-state index in [0.29, 0.717) is 0 Å². The van der Waals surface area contributed by atoms with Crippen LogP contribution in [0.4, 0.5) is 5.69 Å². The van der Waals surface area contributed by atoms with Crippen molar-refractivity contribution in [2.45, 2.75) is 25.3 Å². The average Bonchev–Trinajstić information content (AvgIpc) is 3.20. The van der Waals surface area contributed by atoms with Gasteiger partial charge in [-0.05, 0) is 29.7 Å². The number of methoxy groups -OCH3 is 1. The van der Waals surface area contributed by atoms with Crippen molar-refractivity contribution in [3.63, 3.8) is 0 Å². The molecule has 0 aliphatic rings. The number of benzene rings is 2. The van der Waals surface area contributed by atoms with Crippen LogP contribution in [0.5, 0.6) is 5.75 Å². The van der Waals surface area contributed by atoms with E-state index in [2.05, 4.69) is 28.6 Å². The lowest BCUT2D eigenvalue weighted by molar-refractivity contribution is -0.384. The quantitative estimate of drug-likeness (QED) is 0.461. The van der Waals surface area contributed by atoms with E-state index in [1.165, 1.54) is 0 Å². The molecule has 0 saturated heterocycles. The molecule has 2 aromatic carbocycles. The van der Waals surface area contributed by atoms with Crippen LogP contribution in [0.2, 0.25) is 0 Å². The molecule has 3 aromatic rings. The number of aromatic nitrogens is 2. The summed E-state index contributed by atoms with van der Waals surface area (Å²) in [6, 6.07) is 14.9. The molecule has 0 saturated carbocycles. The van der Waals surface area contributed by atoms with Gasteiger partial charge in [-0.3, -0.25) is 10.1 Å². The molecular formula is C20H21N3O3. The Labute approximate surface area is 152 Å². The summed E-state index contributed by atoms with van der Waals surface area (Å²) in [5.41, 5.74) is 2.30. The van der Waals surface area contributed by atoms with Gasteiger partial charge in [0.1, 0.15) is 5.75 Å². The molecule has 134 valence electrons. The third-order valence-electron chi connectivity index (χ3n) is 4.66. The van der Waals surface area contributed by atoms with Gasteiger partial charge in [0.05, 0.1) is 24.4 Å². The van der Waals surface area contributed by atoms with Crippen molar-refractivity contribution in [1.82, 2.24) is 9.55 Å². The Morgan fingerprint density at radius 2 is 1.77 bits per heavy atom. The maximum Gasteiger partial charge on any atom is 0.269 e. The first-order valence-electron chi connectivity index (χ1n) is 8.49. The van der Waals surface area contributed by atoms with Gasteiger partial charge >= 0.3 is 0 Å². The van der Waals surface area contributed by atoms with Gasteiger partial charge in [0.15, 0.2) is 0 Å². The van der Waals surface area contributed by atoms with Crippen LogP contribution in [0.25, 0.3) is 0 Å². The Hall–Kier alpha value is -3.15. The Balaban J connectivity index is 2.02. The zero-order chi connectivity index (χ0) is 18.5. The van der Waals surface area contributed by atoms with Crippen LogP contribution in [0.1, 0.15) is 36.4 Å². The van der Waals surface area contributed by atoms with E-state index in [9.17, 15) is 10.1 Å². The van der Waals surface area contributed by atoms with Crippen LogP contribution in [-0.4, -0.2) is 21.6 Å². The monoisotopic (exact) mass is 351 g/mol. The summed E-state index contributed by atoms with van der Waals surface area (Å²) in [5.74, 6) is 0.958. The van der Waals surface area contributed by atoms with E-state index >= 15 is 0 Å². The molecule has 6 heteroatoms. The van der Waals surface area contributed by atoms with Crippen LogP contribution in [-0.2, 0) is 0 Å². The molecule has 2 atom stereocenters. The number of non-ortho nitro benzene ring substituents is 1. The zero-order valence-electron chi connectivity index (χ0n) is 14.8. The highest BCUT2D eigenvalue weighted by Crippen LogP contribution is 2.37. The van der Waals surface area contributed by atoms with E-state index < -0.39 is 0 Å². The van der Waals surface area contributed by atoms with E-state index in [-0.39, 0.29) is 22.6 Å². The van der Waals surface area contributed by atoms with Crippen LogP contribution in [0.3, 0.4) is 0 Å². The summed E-state index contributed by atoms with van der Waals surface area (Å²) in [6.45, 7) is 2.12. The summed E-state index contributed by atoms with van der Waals surface area (Å²) in [4.78, 5) is 14.8. The van der Waals surface area contributed by atoms with Crippen LogP contribution in [0, 0.1) is 10.1 Å². The lowest BCUT2D eigenvalue weighted by Crippen LogP contribution is -2.18. The molecule has 0 fully saturated rings. The van der Waals surface area contributed by atoms with E-state index in [1.807, 2.05) is 36.8 Å². The number of hydrogen-bond donors (Lipinski definition) is 0. The van der Waals surface area contributed by atoms with Gasteiger partial charge in [-0.25, -0.2) is 4.98 Å². The summed E-state index contributed by atoms with van der Waals surface area (Å²) in [6.07, 6.45) is 6.40. The third kappa shape index (κ3) is 3.59. The molecular weight excluding hydrogens is 330 g/mol. The first-order chi connectivity index (χ1) is 12.6.